The van der Waals surface area contributed by atoms with E-state index in [4.69, 9.17) is 16.3 Å². The van der Waals surface area contributed by atoms with Crippen LogP contribution in [0.3, 0.4) is 0 Å². The molecule has 0 N–H and O–H groups in total. The van der Waals surface area contributed by atoms with E-state index in [1.165, 1.54) is 30.8 Å². The number of hydrogen-bond donors (Lipinski definition) is 0. The monoisotopic (exact) mass is 336 g/mol. The van der Waals surface area contributed by atoms with Crippen molar-refractivity contribution in [2.45, 2.75) is 13.0 Å². The second kappa shape index (κ2) is 6.62. The number of aromatic nitrogens is 1. The largest absolute Gasteiger partial charge is 0.450 e. The minimum Gasteiger partial charge on any atom is -0.450 e. The van der Waals surface area contributed by atoms with Crippen molar-refractivity contribution in [3.8, 4) is 0 Å². The third-order valence-electron chi connectivity index (χ3n) is 3.17. The highest BCUT2D eigenvalue weighted by Crippen LogP contribution is 2.18. The number of rotatable bonds is 5. The Balaban J connectivity index is 2.13. The van der Waals surface area contributed by atoms with Crippen molar-refractivity contribution in [2.75, 3.05) is 0 Å². The summed E-state index contributed by atoms with van der Waals surface area (Å²) >= 11 is 5.82. The molecule has 0 saturated heterocycles. The van der Waals surface area contributed by atoms with E-state index >= 15 is 0 Å². The topological polar surface area (TPSA) is 91.4 Å². The molecule has 0 aliphatic carbocycles. The molecule has 23 heavy (non-hydrogen) atoms. The van der Waals surface area contributed by atoms with Gasteiger partial charge in [0.1, 0.15) is 5.69 Å². The number of Topliss-reactive ketones (excluding diaryl/α,β-unsaturated/α-hetero) is 1. The van der Waals surface area contributed by atoms with Crippen molar-refractivity contribution in [2.24, 2.45) is 7.05 Å². The first-order chi connectivity index (χ1) is 10.8. The second-order valence-electron chi connectivity index (χ2n) is 4.87. The molecular weight excluding hydrogens is 324 g/mol. The van der Waals surface area contributed by atoms with Crippen LogP contribution in [-0.2, 0) is 11.8 Å². The van der Waals surface area contributed by atoms with E-state index in [9.17, 15) is 19.7 Å². The Morgan fingerprint density at radius 3 is 2.61 bits per heavy atom. The highest BCUT2D eigenvalue weighted by molar-refractivity contribution is 6.31. The number of ketones is 1. The molecule has 1 aromatic heterocycles. The molecule has 120 valence electrons. The van der Waals surface area contributed by atoms with Gasteiger partial charge in [-0.05, 0) is 19.1 Å². The van der Waals surface area contributed by atoms with E-state index in [1.807, 2.05) is 0 Å². The minimum atomic E-state index is -1.05. The van der Waals surface area contributed by atoms with Crippen LogP contribution in [0, 0.1) is 10.1 Å². The van der Waals surface area contributed by atoms with Crippen LogP contribution >= 0.6 is 11.6 Å². The Kier molecular flexibility index (Phi) is 4.80. The summed E-state index contributed by atoms with van der Waals surface area (Å²) in [4.78, 5) is 34.4. The highest BCUT2D eigenvalue weighted by Gasteiger charge is 2.24. The van der Waals surface area contributed by atoms with E-state index in [0.29, 0.717) is 10.6 Å². The number of benzene rings is 1. The quantitative estimate of drug-likeness (QED) is 0.362. The maximum absolute atomic E-state index is 12.2. The molecule has 2 rings (SSSR count). The Hall–Kier alpha value is -2.67. The van der Waals surface area contributed by atoms with Gasteiger partial charge in [0.25, 0.3) is 5.69 Å². The lowest BCUT2D eigenvalue weighted by Crippen LogP contribution is -2.25. The Morgan fingerprint density at radius 1 is 1.35 bits per heavy atom. The summed E-state index contributed by atoms with van der Waals surface area (Å²) in [5.41, 5.74) is 0.0753. The molecule has 0 aliphatic heterocycles. The summed E-state index contributed by atoms with van der Waals surface area (Å²) in [6, 6.07) is 7.37. The molecule has 1 atom stereocenters. The van der Waals surface area contributed by atoms with Gasteiger partial charge in [-0.1, -0.05) is 23.7 Å². The molecule has 0 saturated carbocycles. The average molecular weight is 337 g/mol. The lowest BCUT2D eigenvalue weighted by Gasteiger charge is -2.12. The van der Waals surface area contributed by atoms with E-state index in [0.717, 1.165) is 6.07 Å². The maximum Gasteiger partial charge on any atom is 0.355 e. The van der Waals surface area contributed by atoms with Gasteiger partial charge in [0.05, 0.1) is 11.1 Å². The summed E-state index contributed by atoms with van der Waals surface area (Å²) in [7, 11) is 1.48. The van der Waals surface area contributed by atoms with Crippen molar-refractivity contribution in [3.63, 3.8) is 0 Å². The zero-order chi connectivity index (χ0) is 17.1. The first-order valence-corrected chi connectivity index (χ1v) is 6.99. The number of ether oxygens (including phenoxy) is 1. The standard InChI is InChI=1S/C15H13ClN2O5/c1-9(14(19)10-4-3-5-11(16)6-10)23-15(20)13-7-12(18(21)22)8-17(13)2/h3-9H,1-2H3. The molecule has 1 aromatic carbocycles. The maximum atomic E-state index is 12.2. The summed E-state index contributed by atoms with van der Waals surface area (Å²) in [5.74, 6) is -1.23. The summed E-state index contributed by atoms with van der Waals surface area (Å²) in [6.45, 7) is 1.43. The predicted molar refractivity (Wildman–Crippen MR) is 82.7 cm³/mol. The van der Waals surface area contributed by atoms with Gasteiger partial charge in [-0.15, -0.1) is 0 Å². The molecule has 0 bridgehead atoms. The molecule has 0 spiro atoms. The Morgan fingerprint density at radius 2 is 2.04 bits per heavy atom. The van der Waals surface area contributed by atoms with Crippen LogP contribution in [-0.4, -0.2) is 27.3 Å². The molecule has 2 aromatic rings. The van der Waals surface area contributed by atoms with Crippen LogP contribution < -0.4 is 0 Å². The van der Waals surface area contributed by atoms with Gasteiger partial charge in [0, 0.05) is 23.7 Å². The van der Waals surface area contributed by atoms with Gasteiger partial charge < -0.3 is 9.30 Å². The van der Waals surface area contributed by atoms with Crippen LogP contribution in [0.4, 0.5) is 5.69 Å². The number of halogens is 1. The number of carbonyl (C=O) groups is 2. The number of esters is 1. The highest BCUT2D eigenvalue weighted by atomic mass is 35.5. The molecule has 0 fully saturated rings. The van der Waals surface area contributed by atoms with Crippen LogP contribution in [0.15, 0.2) is 36.5 Å². The van der Waals surface area contributed by atoms with E-state index in [1.54, 1.807) is 18.2 Å². The smallest absolute Gasteiger partial charge is 0.355 e. The summed E-state index contributed by atoms with van der Waals surface area (Å²) in [5, 5.41) is 11.1. The SMILES string of the molecule is CC(OC(=O)c1cc([N+](=O)[O-])cn1C)C(=O)c1cccc(Cl)c1. The van der Waals surface area contributed by atoms with Crippen molar-refractivity contribution >= 4 is 29.0 Å². The molecule has 0 aliphatic rings. The molecule has 0 amide bonds. The fraction of sp³-hybridized carbons (Fsp3) is 0.200. The van der Waals surface area contributed by atoms with Gasteiger partial charge in [0.2, 0.25) is 5.78 Å². The molecule has 8 heteroatoms. The summed E-state index contributed by atoms with van der Waals surface area (Å²) < 4.78 is 6.37. The van der Waals surface area contributed by atoms with Gasteiger partial charge >= 0.3 is 5.97 Å². The van der Waals surface area contributed by atoms with Crippen LogP contribution in [0.25, 0.3) is 0 Å². The number of nitrogens with zero attached hydrogens (tertiary/aromatic N) is 2. The van der Waals surface area contributed by atoms with Gasteiger partial charge in [-0.3, -0.25) is 14.9 Å². The normalized spacial score (nSPS) is 11.8. The number of hydrogen-bond acceptors (Lipinski definition) is 5. The van der Waals surface area contributed by atoms with Gasteiger partial charge in [-0.2, -0.15) is 0 Å². The van der Waals surface area contributed by atoms with Crippen molar-refractivity contribution in [1.29, 1.82) is 0 Å². The second-order valence-corrected chi connectivity index (χ2v) is 5.31. The van der Waals surface area contributed by atoms with Crippen LogP contribution in [0.5, 0.6) is 0 Å². The number of carbonyl (C=O) groups excluding carboxylic acids is 2. The lowest BCUT2D eigenvalue weighted by atomic mass is 10.1. The first kappa shape index (κ1) is 16.7. The van der Waals surface area contributed by atoms with Crippen LogP contribution in [0.2, 0.25) is 5.02 Å². The Bertz CT molecular complexity index is 784. The minimum absolute atomic E-state index is 0.0116. The third-order valence-corrected chi connectivity index (χ3v) is 3.41. The van der Waals surface area contributed by atoms with Crippen molar-refractivity contribution in [3.05, 3.63) is 62.9 Å². The van der Waals surface area contributed by atoms with Crippen LogP contribution in [0.1, 0.15) is 27.8 Å². The number of aryl methyl sites for hydroxylation is 1. The van der Waals surface area contributed by atoms with Gasteiger partial charge in [0.15, 0.2) is 6.10 Å². The van der Waals surface area contributed by atoms with E-state index in [2.05, 4.69) is 0 Å². The van der Waals surface area contributed by atoms with E-state index < -0.39 is 22.8 Å². The van der Waals surface area contributed by atoms with Crippen molar-refractivity contribution < 1.29 is 19.2 Å². The lowest BCUT2D eigenvalue weighted by molar-refractivity contribution is -0.384. The predicted octanol–water partition coefficient (Wildman–Crippen LogP) is 3.01. The number of nitro groups is 1. The van der Waals surface area contributed by atoms with Crippen molar-refractivity contribution in [1.82, 2.24) is 4.57 Å². The van der Waals surface area contributed by atoms with E-state index in [-0.39, 0.29) is 11.4 Å². The van der Waals surface area contributed by atoms with Gasteiger partial charge in [-0.25, -0.2) is 4.79 Å². The third kappa shape index (κ3) is 3.75. The molecule has 1 heterocycles. The average Bonchev–Trinajstić information content (AvgIpc) is 2.88. The molecule has 0 radical (unpaired) electrons. The Labute approximate surface area is 136 Å². The molecule has 1 unspecified atom stereocenters. The first-order valence-electron chi connectivity index (χ1n) is 6.61. The summed E-state index contributed by atoms with van der Waals surface area (Å²) in [6.07, 6.45) is 0.148. The molecule has 7 nitrogen and oxygen atoms in total. The zero-order valence-corrected chi connectivity index (χ0v) is 13.1. The molecular formula is C15H13ClN2O5. The fourth-order valence-corrected chi connectivity index (χ4v) is 2.19. The fourth-order valence-electron chi connectivity index (χ4n) is 2.00. The zero-order valence-electron chi connectivity index (χ0n) is 12.4.